The second-order valence-electron chi connectivity index (χ2n) is 8.22. The molecule has 0 bridgehead atoms. The van der Waals surface area contributed by atoms with Crippen molar-refractivity contribution in [2.75, 3.05) is 11.5 Å². The SMILES string of the molecule is CCCCc1c(C)nc2nc(N(Cc3ccc(OCC)cc3)C(=O)c3ccccc3F)[nH]n2c1=O. The number of aromatic amines is 1. The molecular weight excluding hydrogens is 449 g/mol. The number of anilines is 1. The van der Waals surface area contributed by atoms with E-state index in [-0.39, 0.29) is 29.4 Å². The van der Waals surface area contributed by atoms with Crippen molar-refractivity contribution in [3.05, 3.63) is 87.1 Å². The van der Waals surface area contributed by atoms with E-state index >= 15 is 0 Å². The van der Waals surface area contributed by atoms with Crippen LogP contribution in [0.4, 0.5) is 10.3 Å². The van der Waals surface area contributed by atoms with Gasteiger partial charge in [-0.2, -0.15) is 9.50 Å². The summed E-state index contributed by atoms with van der Waals surface area (Å²) >= 11 is 0. The minimum absolute atomic E-state index is 0.0931. The lowest BCUT2D eigenvalue weighted by atomic mass is 10.1. The number of hydrogen-bond acceptors (Lipinski definition) is 5. The third-order valence-corrected chi connectivity index (χ3v) is 5.74. The molecule has 1 N–H and O–H groups in total. The fraction of sp³-hybridized carbons (Fsp3) is 0.308. The Balaban J connectivity index is 1.78. The van der Waals surface area contributed by atoms with Gasteiger partial charge in [0.05, 0.1) is 24.4 Å². The van der Waals surface area contributed by atoms with E-state index in [1.807, 2.05) is 19.1 Å². The van der Waals surface area contributed by atoms with E-state index in [1.165, 1.54) is 27.6 Å². The molecule has 0 saturated carbocycles. The molecule has 0 aliphatic rings. The Morgan fingerprint density at radius 2 is 1.86 bits per heavy atom. The van der Waals surface area contributed by atoms with Crippen molar-refractivity contribution in [3.8, 4) is 5.75 Å². The Hall–Kier alpha value is -4.01. The van der Waals surface area contributed by atoms with Gasteiger partial charge in [0.15, 0.2) is 0 Å². The summed E-state index contributed by atoms with van der Waals surface area (Å²) in [6, 6.07) is 13.0. The number of nitrogens with zero attached hydrogens (tertiary/aromatic N) is 4. The number of H-pyrrole nitrogens is 1. The van der Waals surface area contributed by atoms with Crippen LogP contribution >= 0.6 is 0 Å². The largest absolute Gasteiger partial charge is 0.494 e. The average Bonchev–Trinajstić information content (AvgIpc) is 3.27. The number of halogens is 1. The van der Waals surface area contributed by atoms with Crippen LogP contribution in [0.25, 0.3) is 5.78 Å². The lowest BCUT2D eigenvalue weighted by Gasteiger charge is -2.20. The van der Waals surface area contributed by atoms with Gasteiger partial charge in [-0.1, -0.05) is 37.6 Å². The summed E-state index contributed by atoms with van der Waals surface area (Å²) in [6.07, 6.45) is 2.42. The molecule has 0 aliphatic heterocycles. The van der Waals surface area contributed by atoms with Crippen LogP contribution in [-0.4, -0.2) is 32.1 Å². The van der Waals surface area contributed by atoms with Crippen molar-refractivity contribution in [2.45, 2.75) is 46.6 Å². The summed E-state index contributed by atoms with van der Waals surface area (Å²) in [5, 5.41) is 2.92. The Kier molecular flexibility index (Phi) is 7.24. The number of hydrogen-bond donors (Lipinski definition) is 1. The van der Waals surface area contributed by atoms with Crippen LogP contribution in [0.1, 0.15) is 53.9 Å². The number of aryl methyl sites for hydroxylation is 1. The average molecular weight is 478 g/mol. The Morgan fingerprint density at radius 3 is 2.54 bits per heavy atom. The number of rotatable bonds is 9. The zero-order valence-corrected chi connectivity index (χ0v) is 20.0. The van der Waals surface area contributed by atoms with E-state index in [0.717, 1.165) is 18.4 Å². The van der Waals surface area contributed by atoms with Crippen LogP contribution in [0.3, 0.4) is 0 Å². The smallest absolute Gasteiger partial charge is 0.277 e. The molecule has 2 aromatic heterocycles. The first-order chi connectivity index (χ1) is 16.9. The maximum Gasteiger partial charge on any atom is 0.277 e. The minimum Gasteiger partial charge on any atom is -0.494 e. The van der Waals surface area contributed by atoms with Crippen LogP contribution in [0.15, 0.2) is 53.3 Å². The van der Waals surface area contributed by atoms with E-state index in [1.54, 1.807) is 25.1 Å². The van der Waals surface area contributed by atoms with E-state index in [2.05, 4.69) is 22.0 Å². The Morgan fingerprint density at radius 1 is 1.11 bits per heavy atom. The predicted molar refractivity (Wildman–Crippen MR) is 131 cm³/mol. The van der Waals surface area contributed by atoms with Gasteiger partial charge < -0.3 is 4.74 Å². The summed E-state index contributed by atoms with van der Waals surface area (Å²) in [4.78, 5) is 36.8. The van der Waals surface area contributed by atoms with Gasteiger partial charge in [-0.05, 0) is 56.5 Å². The third-order valence-electron chi connectivity index (χ3n) is 5.74. The first-order valence-electron chi connectivity index (χ1n) is 11.7. The number of carbonyl (C=O) groups is 1. The number of benzene rings is 2. The van der Waals surface area contributed by atoms with Gasteiger partial charge in [-0.15, -0.1) is 0 Å². The zero-order chi connectivity index (χ0) is 24.9. The molecule has 0 radical (unpaired) electrons. The van der Waals surface area contributed by atoms with Gasteiger partial charge in [0.2, 0.25) is 5.95 Å². The molecule has 0 spiro atoms. The quantitative estimate of drug-likeness (QED) is 0.384. The van der Waals surface area contributed by atoms with Gasteiger partial charge in [0.25, 0.3) is 17.2 Å². The molecule has 35 heavy (non-hydrogen) atoms. The van der Waals surface area contributed by atoms with Crippen molar-refractivity contribution < 1.29 is 13.9 Å². The second-order valence-corrected chi connectivity index (χ2v) is 8.22. The number of carbonyl (C=O) groups excluding carboxylic acids is 1. The summed E-state index contributed by atoms with van der Waals surface area (Å²) in [5.74, 6) is -0.271. The molecule has 0 unspecified atom stereocenters. The lowest BCUT2D eigenvalue weighted by molar-refractivity contribution is 0.0979. The predicted octanol–water partition coefficient (Wildman–Crippen LogP) is 4.45. The summed E-state index contributed by atoms with van der Waals surface area (Å²) < 4.78 is 21.3. The zero-order valence-electron chi connectivity index (χ0n) is 20.0. The monoisotopic (exact) mass is 477 g/mol. The van der Waals surface area contributed by atoms with Gasteiger partial charge in [0, 0.05) is 5.56 Å². The Bertz CT molecular complexity index is 1390. The summed E-state index contributed by atoms with van der Waals surface area (Å²) in [5.41, 5.74) is 1.65. The number of ether oxygens (including phenoxy) is 1. The Labute approximate surface area is 202 Å². The van der Waals surface area contributed by atoms with Crippen molar-refractivity contribution in [2.24, 2.45) is 0 Å². The molecule has 0 atom stereocenters. The van der Waals surface area contributed by atoms with Crippen molar-refractivity contribution in [3.63, 3.8) is 0 Å². The lowest BCUT2D eigenvalue weighted by Crippen LogP contribution is -2.32. The maximum absolute atomic E-state index is 14.5. The number of amides is 1. The molecule has 182 valence electrons. The molecule has 2 aromatic carbocycles. The van der Waals surface area contributed by atoms with Crippen molar-refractivity contribution >= 4 is 17.6 Å². The summed E-state index contributed by atoms with van der Waals surface area (Å²) in [6.45, 7) is 6.37. The molecule has 0 aliphatic carbocycles. The third kappa shape index (κ3) is 5.08. The maximum atomic E-state index is 14.5. The van der Waals surface area contributed by atoms with Gasteiger partial charge in [0.1, 0.15) is 11.6 Å². The number of fused-ring (bicyclic) bond motifs is 1. The first-order valence-corrected chi connectivity index (χ1v) is 11.7. The number of unbranched alkanes of at least 4 members (excludes halogenated alkanes) is 1. The van der Waals surface area contributed by atoms with E-state index in [0.29, 0.717) is 30.0 Å². The second kappa shape index (κ2) is 10.5. The highest BCUT2D eigenvalue weighted by molar-refractivity contribution is 6.05. The van der Waals surface area contributed by atoms with Crippen LogP contribution in [0, 0.1) is 12.7 Å². The highest BCUT2D eigenvalue weighted by Gasteiger charge is 2.25. The molecule has 4 aromatic rings. The molecule has 0 saturated heterocycles. The fourth-order valence-electron chi connectivity index (χ4n) is 3.87. The van der Waals surface area contributed by atoms with Crippen LogP contribution in [0.5, 0.6) is 5.75 Å². The molecule has 1 amide bonds. The molecule has 2 heterocycles. The van der Waals surface area contributed by atoms with E-state index in [9.17, 15) is 14.0 Å². The standard InChI is InChI=1S/C26H28FN5O3/c1-4-6-9-20-17(3)28-25-29-26(30-32(25)24(20)34)31(23(33)21-10-7-8-11-22(21)27)16-18-12-14-19(15-13-18)35-5-2/h7-8,10-15H,4-6,9,16H2,1-3H3,(H,28,29,30). The fourth-order valence-corrected chi connectivity index (χ4v) is 3.87. The number of aromatic nitrogens is 4. The summed E-state index contributed by atoms with van der Waals surface area (Å²) in [7, 11) is 0. The van der Waals surface area contributed by atoms with Crippen LogP contribution in [0.2, 0.25) is 0 Å². The highest BCUT2D eigenvalue weighted by atomic mass is 19.1. The van der Waals surface area contributed by atoms with Crippen LogP contribution in [-0.2, 0) is 13.0 Å². The molecule has 8 nitrogen and oxygen atoms in total. The topological polar surface area (TPSA) is 92.6 Å². The van der Waals surface area contributed by atoms with Crippen molar-refractivity contribution in [1.82, 2.24) is 19.6 Å². The number of nitrogens with one attached hydrogen (secondary N) is 1. The van der Waals surface area contributed by atoms with Crippen LogP contribution < -0.4 is 15.2 Å². The molecule has 9 heteroatoms. The normalized spacial score (nSPS) is 11.1. The van der Waals surface area contributed by atoms with E-state index in [4.69, 9.17) is 4.74 Å². The van der Waals surface area contributed by atoms with Gasteiger partial charge in [-0.3, -0.25) is 19.6 Å². The highest BCUT2D eigenvalue weighted by Crippen LogP contribution is 2.21. The van der Waals surface area contributed by atoms with E-state index < -0.39 is 11.7 Å². The van der Waals surface area contributed by atoms with Gasteiger partial charge in [-0.25, -0.2) is 9.37 Å². The molecular formula is C26H28FN5O3. The van der Waals surface area contributed by atoms with Gasteiger partial charge >= 0.3 is 0 Å². The minimum atomic E-state index is -0.640. The molecule has 0 fully saturated rings. The first kappa shape index (κ1) is 24.1. The van der Waals surface area contributed by atoms with Crippen molar-refractivity contribution in [1.29, 1.82) is 0 Å². The molecule has 4 rings (SSSR count).